The molecule has 4 nitrogen and oxygen atoms in total. The average Bonchev–Trinajstić information content (AvgIpc) is 2.75. The third-order valence-electron chi connectivity index (χ3n) is 2.64. The summed E-state index contributed by atoms with van der Waals surface area (Å²) in [5, 5.41) is 2.95. The Morgan fingerprint density at radius 3 is 2.74 bits per heavy atom. The van der Waals surface area contributed by atoms with E-state index < -0.39 is 10.0 Å². The third-order valence-corrected chi connectivity index (χ3v) is 4.92. The summed E-state index contributed by atoms with van der Waals surface area (Å²) in [5.41, 5.74) is 1.85. The number of rotatable bonds is 5. The second-order valence-corrected chi connectivity index (χ2v) is 7.15. The first-order valence-electron chi connectivity index (χ1n) is 5.95. The van der Waals surface area contributed by atoms with Crippen molar-refractivity contribution in [1.29, 1.82) is 0 Å². The fourth-order valence-electron chi connectivity index (χ4n) is 1.70. The van der Waals surface area contributed by atoms with Crippen molar-refractivity contribution in [3.63, 3.8) is 0 Å². The number of sulfonamides is 1. The van der Waals surface area contributed by atoms with Crippen LogP contribution in [0.3, 0.4) is 0 Å². The standard InChI is InChI=1S/C13H16N2O2S2/c1-10-4-3-5-13(8-10)19(16,17)14-7-6-12-9-18-11(2)15-12/h3-5,8-9,14H,6-7H2,1-2H3. The summed E-state index contributed by atoms with van der Waals surface area (Å²) >= 11 is 1.57. The molecule has 102 valence electrons. The molecule has 0 unspecified atom stereocenters. The van der Waals surface area contributed by atoms with Crippen LogP contribution in [0.1, 0.15) is 16.3 Å². The normalized spacial score (nSPS) is 11.7. The van der Waals surface area contributed by atoms with Gasteiger partial charge in [0.25, 0.3) is 0 Å². The molecule has 0 spiro atoms. The predicted octanol–water partition coefficient (Wildman–Crippen LogP) is 2.28. The van der Waals surface area contributed by atoms with Gasteiger partial charge in [-0.05, 0) is 31.5 Å². The Hall–Kier alpha value is -1.24. The van der Waals surface area contributed by atoms with Crippen molar-refractivity contribution in [1.82, 2.24) is 9.71 Å². The maximum Gasteiger partial charge on any atom is 0.240 e. The molecule has 1 heterocycles. The Kier molecular flexibility index (Phi) is 4.34. The minimum absolute atomic E-state index is 0.307. The molecule has 0 saturated carbocycles. The molecule has 0 fully saturated rings. The molecule has 2 rings (SSSR count). The van der Waals surface area contributed by atoms with Gasteiger partial charge in [0.1, 0.15) is 0 Å². The summed E-state index contributed by atoms with van der Waals surface area (Å²) < 4.78 is 26.7. The highest BCUT2D eigenvalue weighted by Crippen LogP contribution is 2.11. The van der Waals surface area contributed by atoms with Crippen LogP contribution < -0.4 is 4.72 Å². The first-order chi connectivity index (χ1) is 8.97. The van der Waals surface area contributed by atoms with Gasteiger partial charge in [0, 0.05) is 18.3 Å². The maximum atomic E-state index is 12.1. The lowest BCUT2D eigenvalue weighted by Gasteiger charge is -2.06. The summed E-state index contributed by atoms with van der Waals surface area (Å²) in [5.74, 6) is 0. The van der Waals surface area contributed by atoms with E-state index in [-0.39, 0.29) is 0 Å². The molecule has 1 aromatic carbocycles. The number of thiazole rings is 1. The molecule has 0 aliphatic rings. The maximum absolute atomic E-state index is 12.1. The van der Waals surface area contributed by atoms with Gasteiger partial charge in [-0.1, -0.05) is 12.1 Å². The number of hydrogen-bond acceptors (Lipinski definition) is 4. The zero-order valence-corrected chi connectivity index (χ0v) is 12.5. The molecule has 2 aromatic rings. The number of nitrogens with one attached hydrogen (secondary N) is 1. The van der Waals surface area contributed by atoms with Crippen LogP contribution in [0.15, 0.2) is 34.5 Å². The van der Waals surface area contributed by atoms with Crippen molar-refractivity contribution in [3.05, 3.63) is 45.9 Å². The number of nitrogens with zero attached hydrogens (tertiary/aromatic N) is 1. The van der Waals surface area contributed by atoms with Crippen LogP contribution in [0.5, 0.6) is 0 Å². The van der Waals surface area contributed by atoms with Gasteiger partial charge < -0.3 is 0 Å². The topological polar surface area (TPSA) is 59.1 Å². The molecule has 0 saturated heterocycles. The highest BCUT2D eigenvalue weighted by molar-refractivity contribution is 7.89. The third kappa shape index (κ3) is 3.86. The number of aromatic nitrogens is 1. The number of benzene rings is 1. The van der Waals surface area contributed by atoms with E-state index in [9.17, 15) is 8.42 Å². The van der Waals surface area contributed by atoms with E-state index in [0.29, 0.717) is 17.9 Å². The minimum atomic E-state index is -3.42. The predicted molar refractivity (Wildman–Crippen MR) is 76.9 cm³/mol. The van der Waals surface area contributed by atoms with Gasteiger partial charge in [-0.25, -0.2) is 18.1 Å². The number of hydrogen-bond donors (Lipinski definition) is 1. The van der Waals surface area contributed by atoms with Crippen LogP contribution in [0, 0.1) is 13.8 Å². The summed E-state index contributed by atoms with van der Waals surface area (Å²) in [7, 11) is -3.42. The molecule has 1 aromatic heterocycles. The Morgan fingerprint density at radius 1 is 1.32 bits per heavy atom. The smallest absolute Gasteiger partial charge is 0.240 e. The lowest BCUT2D eigenvalue weighted by molar-refractivity contribution is 0.581. The van der Waals surface area contributed by atoms with Crippen molar-refractivity contribution in [2.75, 3.05) is 6.54 Å². The first-order valence-corrected chi connectivity index (χ1v) is 8.31. The van der Waals surface area contributed by atoms with Crippen LogP contribution in [0.25, 0.3) is 0 Å². The monoisotopic (exact) mass is 296 g/mol. The van der Waals surface area contributed by atoms with Crippen molar-refractivity contribution in [3.8, 4) is 0 Å². The van der Waals surface area contributed by atoms with E-state index in [1.165, 1.54) is 0 Å². The molecule has 19 heavy (non-hydrogen) atoms. The SMILES string of the molecule is Cc1cccc(S(=O)(=O)NCCc2csc(C)n2)c1. The molecule has 0 amide bonds. The van der Waals surface area contributed by atoms with Crippen LogP contribution in [-0.2, 0) is 16.4 Å². The van der Waals surface area contributed by atoms with Crippen LogP contribution in [0.2, 0.25) is 0 Å². The van der Waals surface area contributed by atoms with Gasteiger partial charge in [-0.3, -0.25) is 0 Å². The Bertz CT molecular complexity index is 663. The second-order valence-electron chi connectivity index (χ2n) is 4.32. The van der Waals surface area contributed by atoms with Crippen molar-refractivity contribution in [2.24, 2.45) is 0 Å². The summed E-state index contributed by atoms with van der Waals surface area (Å²) in [4.78, 5) is 4.61. The van der Waals surface area contributed by atoms with Crippen LogP contribution in [0.4, 0.5) is 0 Å². The molecular formula is C13H16N2O2S2. The van der Waals surface area contributed by atoms with E-state index >= 15 is 0 Å². The minimum Gasteiger partial charge on any atom is -0.247 e. The Balaban J connectivity index is 1.98. The highest BCUT2D eigenvalue weighted by atomic mass is 32.2. The Morgan fingerprint density at radius 2 is 2.11 bits per heavy atom. The van der Waals surface area contributed by atoms with Crippen molar-refractivity contribution < 1.29 is 8.42 Å². The van der Waals surface area contributed by atoms with Gasteiger partial charge in [-0.2, -0.15) is 0 Å². The fraction of sp³-hybridized carbons (Fsp3) is 0.308. The number of aryl methyl sites for hydroxylation is 2. The zero-order valence-electron chi connectivity index (χ0n) is 10.9. The molecule has 0 radical (unpaired) electrons. The van der Waals surface area contributed by atoms with Gasteiger partial charge >= 0.3 is 0 Å². The first kappa shape index (κ1) is 14.2. The molecule has 1 N–H and O–H groups in total. The van der Waals surface area contributed by atoms with Gasteiger partial charge in [0.05, 0.1) is 15.6 Å². The molecule has 6 heteroatoms. The zero-order chi connectivity index (χ0) is 13.9. The lowest BCUT2D eigenvalue weighted by atomic mass is 10.2. The van der Waals surface area contributed by atoms with Gasteiger partial charge in [-0.15, -0.1) is 11.3 Å². The van der Waals surface area contributed by atoms with Crippen molar-refractivity contribution >= 4 is 21.4 Å². The lowest BCUT2D eigenvalue weighted by Crippen LogP contribution is -2.26. The van der Waals surface area contributed by atoms with Gasteiger partial charge in [0.15, 0.2) is 0 Å². The van der Waals surface area contributed by atoms with Crippen LogP contribution in [-0.4, -0.2) is 19.9 Å². The molecule has 0 aliphatic carbocycles. The van der Waals surface area contributed by atoms with Crippen LogP contribution >= 0.6 is 11.3 Å². The average molecular weight is 296 g/mol. The second kappa shape index (κ2) is 5.81. The van der Waals surface area contributed by atoms with E-state index in [1.54, 1.807) is 29.5 Å². The summed E-state index contributed by atoms with van der Waals surface area (Å²) in [6.45, 7) is 4.17. The Labute approximate surface area is 117 Å². The molecular weight excluding hydrogens is 280 g/mol. The molecule has 0 bridgehead atoms. The fourth-order valence-corrected chi connectivity index (χ4v) is 3.49. The summed E-state index contributed by atoms with van der Waals surface area (Å²) in [6.07, 6.45) is 0.607. The van der Waals surface area contributed by atoms with Gasteiger partial charge in [0.2, 0.25) is 10.0 Å². The summed E-state index contributed by atoms with van der Waals surface area (Å²) in [6, 6.07) is 6.88. The van der Waals surface area contributed by atoms with E-state index in [4.69, 9.17) is 0 Å². The molecule has 0 aliphatic heterocycles. The van der Waals surface area contributed by atoms with Crippen molar-refractivity contribution in [2.45, 2.75) is 25.2 Å². The quantitative estimate of drug-likeness (QED) is 0.921. The van der Waals surface area contributed by atoms with E-state index in [1.807, 2.05) is 25.3 Å². The van der Waals surface area contributed by atoms with E-state index in [2.05, 4.69) is 9.71 Å². The largest absolute Gasteiger partial charge is 0.247 e. The molecule has 0 atom stereocenters. The van der Waals surface area contributed by atoms with E-state index in [0.717, 1.165) is 16.3 Å². The highest BCUT2D eigenvalue weighted by Gasteiger charge is 2.13.